The van der Waals surface area contributed by atoms with E-state index < -0.39 is 5.60 Å². The van der Waals surface area contributed by atoms with Crippen molar-refractivity contribution in [3.05, 3.63) is 29.8 Å². The summed E-state index contributed by atoms with van der Waals surface area (Å²) in [5, 5.41) is 22.2. The normalized spacial score (nSPS) is 12.3. The van der Waals surface area contributed by atoms with Gasteiger partial charge in [-0.3, -0.25) is 4.68 Å². The highest BCUT2D eigenvalue weighted by Gasteiger charge is 2.20. The van der Waals surface area contributed by atoms with E-state index in [1.807, 2.05) is 16.9 Å². The smallest absolute Gasteiger partial charge is 0.114 e. The highest BCUT2D eigenvalue weighted by atomic mass is 16.3. The van der Waals surface area contributed by atoms with Gasteiger partial charge in [-0.15, -0.1) is 5.10 Å². The third kappa shape index (κ3) is 2.76. The molecule has 6 heteroatoms. The van der Waals surface area contributed by atoms with E-state index in [9.17, 15) is 5.11 Å². The van der Waals surface area contributed by atoms with Crippen LogP contribution in [0.1, 0.15) is 45.1 Å². The molecule has 18 heavy (non-hydrogen) atoms. The Balaban J connectivity index is 2.11. The summed E-state index contributed by atoms with van der Waals surface area (Å²) in [5.41, 5.74) is 0.525. The quantitative estimate of drug-likeness (QED) is 0.887. The molecule has 0 aromatic carbocycles. The summed E-state index contributed by atoms with van der Waals surface area (Å²) in [6, 6.07) is 2.31. The van der Waals surface area contributed by atoms with Crippen LogP contribution in [0.2, 0.25) is 0 Å². The van der Waals surface area contributed by atoms with Crippen molar-refractivity contribution in [1.82, 2.24) is 24.8 Å². The number of hydrogen-bond acceptors (Lipinski definition) is 4. The molecule has 0 saturated heterocycles. The third-order valence-corrected chi connectivity index (χ3v) is 2.68. The van der Waals surface area contributed by atoms with Crippen molar-refractivity contribution in [2.24, 2.45) is 0 Å². The fraction of sp³-hybridized carbons (Fsp3) is 0.583. The van der Waals surface area contributed by atoms with Crippen LogP contribution in [0.15, 0.2) is 18.5 Å². The van der Waals surface area contributed by atoms with E-state index in [0.29, 0.717) is 18.3 Å². The predicted molar refractivity (Wildman–Crippen MR) is 67.0 cm³/mol. The van der Waals surface area contributed by atoms with Gasteiger partial charge in [0.15, 0.2) is 0 Å². The standard InChI is InChI=1S/C12H19N5O/c1-9(2)17-6-5-10(14-17)7-16-8-11(13-15-16)12(3,4)18/h5-6,8-9,18H,7H2,1-4H3. The van der Waals surface area contributed by atoms with E-state index >= 15 is 0 Å². The average molecular weight is 249 g/mol. The summed E-state index contributed by atoms with van der Waals surface area (Å²) < 4.78 is 3.59. The van der Waals surface area contributed by atoms with Crippen LogP contribution < -0.4 is 0 Å². The molecule has 0 aliphatic rings. The van der Waals surface area contributed by atoms with Gasteiger partial charge in [-0.2, -0.15) is 5.10 Å². The molecule has 0 amide bonds. The second-order valence-corrected chi connectivity index (χ2v) is 5.24. The first-order chi connectivity index (χ1) is 8.36. The Morgan fingerprint density at radius 2 is 2.11 bits per heavy atom. The van der Waals surface area contributed by atoms with Crippen molar-refractivity contribution < 1.29 is 5.11 Å². The fourth-order valence-electron chi connectivity index (χ4n) is 1.57. The van der Waals surface area contributed by atoms with Gasteiger partial charge in [0.1, 0.15) is 11.3 Å². The SMILES string of the molecule is CC(C)n1ccc(Cn2cc(C(C)(C)O)nn2)n1. The lowest BCUT2D eigenvalue weighted by atomic mass is 10.1. The molecule has 0 aliphatic carbocycles. The highest BCUT2D eigenvalue weighted by molar-refractivity contribution is 5.05. The molecule has 2 heterocycles. The van der Waals surface area contributed by atoms with Crippen molar-refractivity contribution in [3.63, 3.8) is 0 Å². The molecule has 0 unspecified atom stereocenters. The topological polar surface area (TPSA) is 68.8 Å². The zero-order valence-corrected chi connectivity index (χ0v) is 11.2. The maximum Gasteiger partial charge on any atom is 0.114 e. The summed E-state index contributed by atoms with van der Waals surface area (Å²) in [7, 11) is 0. The molecule has 0 fully saturated rings. The first-order valence-corrected chi connectivity index (χ1v) is 6.03. The van der Waals surface area contributed by atoms with Gasteiger partial charge in [0, 0.05) is 12.2 Å². The zero-order valence-electron chi connectivity index (χ0n) is 11.2. The molecule has 2 rings (SSSR count). The Bertz CT molecular complexity index is 521. The lowest BCUT2D eigenvalue weighted by molar-refractivity contribution is 0.0737. The molecular formula is C12H19N5O. The van der Waals surface area contributed by atoms with Gasteiger partial charge in [-0.05, 0) is 33.8 Å². The van der Waals surface area contributed by atoms with Crippen molar-refractivity contribution >= 4 is 0 Å². The maximum atomic E-state index is 9.81. The second-order valence-electron chi connectivity index (χ2n) is 5.24. The van der Waals surface area contributed by atoms with Crippen LogP contribution in [0.5, 0.6) is 0 Å². The van der Waals surface area contributed by atoms with Gasteiger partial charge >= 0.3 is 0 Å². The minimum absolute atomic E-state index is 0.349. The largest absolute Gasteiger partial charge is 0.384 e. The van der Waals surface area contributed by atoms with Crippen LogP contribution in [0.25, 0.3) is 0 Å². The Morgan fingerprint density at radius 1 is 1.39 bits per heavy atom. The number of aromatic nitrogens is 5. The van der Waals surface area contributed by atoms with Crippen LogP contribution in [0.4, 0.5) is 0 Å². The van der Waals surface area contributed by atoms with Crippen LogP contribution in [0.3, 0.4) is 0 Å². The summed E-state index contributed by atoms with van der Waals surface area (Å²) in [6.07, 6.45) is 3.70. The predicted octanol–water partition coefficient (Wildman–Crippen LogP) is 1.33. The van der Waals surface area contributed by atoms with Gasteiger partial charge in [-0.25, -0.2) is 4.68 Å². The lowest BCUT2D eigenvalue weighted by Gasteiger charge is -2.11. The van der Waals surface area contributed by atoms with E-state index in [-0.39, 0.29) is 0 Å². The molecule has 0 atom stereocenters. The Morgan fingerprint density at radius 3 is 2.61 bits per heavy atom. The van der Waals surface area contributed by atoms with E-state index in [0.717, 1.165) is 5.69 Å². The number of nitrogens with zero attached hydrogens (tertiary/aromatic N) is 5. The first-order valence-electron chi connectivity index (χ1n) is 6.03. The monoisotopic (exact) mass is 249 g/mol. The molecule has 2 aromatic rings. The minimum Gasteiger partial charge on any atom is -0.384 e. The maximum absolute atomic E-state index is 9.81. The van der Waals surface area contributed by atoms with Crippen LogP contribution in [-0.4, -0.2) is 29.9 Å². The minimum atomic E-state index is -0.963. The molecule has 6 nitrogen and oxygen atoms in total. The Hall–Kier alpha value is -1.69. The van der Waals surface area contributed by atoms with Gasteiger partial charge in [-0.1, -0.05) is 5.21 Å². The summed E-state index contributed by atoms with van der Waals surface area (Å²) in [6.45, 7) is 8.10. The molecule has 0 aliphatic heterocycles. The van der Waals surface area contributed by atoms with Crippen LogP contribution >= 0.6 is 0 Å². The van der Waals surface area contributed by atoms with Crippen LogP contribution in [0, 0.1) is 0 Å². The van der Waals surface area contributed by atoms with Crippen LogP contribution in [-0.2, 0) is 12.1 Å². The number of hydrogen-bond donors (Lipinski definition) is 1. The first kappa shape index (κ1) is 12.8. The van der Waals surface area contributed by atoms with E-state index in [2.05, 4.69) is 29.3 Å². The van der Waals surface area contributed by atoms with Gasteiger partial charge in [0.05, 0.1) is 18.4 Å². The van der Waals surface area contributed by atoms with Crippen molar-refractivity contribution in [1.29, 1.82) is 0 Å². The van der Waals surface area contributed by atoms with Gasteiger partial charge < -0.3 is 5.11 Å². The van der Waals surface area contributed by atoms with Crippen molar-refractivity contribution in [3.8, 4) is 0 Å². The Labute approximate surface area is 106 Å². The third-order valence-electron chi connectivity index (χ3n) is 2.68. The fourth-order valence-corrected chi connectivity index (χ4v) is 1.57. The molecule has 0 saturated carbocycles. The summed E-state index contributed by atoms with van der Waals surface area (Å²) in [4.78, 5) is 0. The highest BCUT2D eigenvalue weighted by Crippen LogP contribution is 2.16. The summed E-state index contributed by atoms with van der Waals surface area (Å²) >= 11 is 0. The molecular weight excluding hydrogens is 230 g/mol. The van der Waals surface area contributed by atoms with Crippen molar-refractivity contribution in [2.75, 3.05) is 0 Å². The second kappa shape index (κ2) is 4.53. The molecule has 0 bridgehead atoms. The zero-order chi connectivity index (χ0) is 13.3. The molecule has 1 N–H and O–H groups in total. The molecule has 98 valence electrons. The van der Waals surface area contributed by atoms with Crippen molar-refractivity contribution in [2.45, 2.75) is 45.9 Å². The molecule has 2 aromatic heterocycles. The summed E-state index contributed by atoms with van der Waals surface area (Å²) in [5.74, 6) is 0. The number of aliphatic hydroxyl groups is 1. The van der Waals surface area contributed by atoms with Gasteiger partial charge in [0.25, 0.3) is 0 Å². The average Bonchev–Trinajstić information content (AvgIpc) is 2.85. The molecule has 0 radical (unpaired) electrons. The van der Waals surface area contributed by atoms with E-state index in [4.69, 9.17) is 0 Å². The Kier molecular flexibility index (Phi) is 3.21. The molecule has 0 spiro atoms. The number of rotatable bonds is 4. The van der Waals surface area contributed by atoms with E-state index in [1.165, 1.54) is 0 Å². The van der Waals surface area contributed by atoms with Gasteiger partial charge in [0.2, 0.25) is 0 Å². The van der Waals surface area contributed by atoms with E-state index in [1.54, 1.807) is 24.7 Å². The lowest BCUT2D eigenvalue weighted by Crippen LogP contribution is -2.15.